The quantitative estimate of drug-likeness (QED) is 0.274. The van der Waals surface area contributed by atoms with Crippen molar-refractivity contribution in [3.05, 3.63) is 35.9 Å². The van der Waals surface area contributed by atoms with Crippen LogP contribution >= 0.6 is 0 Å². The molecule has 0 aliphatic carbocycles. The average molecular weight is 519 g/mol. The molecule has 216 valence electrons. The molecule has 36 heavy (non-hydrogen) atoms. The monoisotopic (exact) mass is 518 g/mol. The van der Waals surface area contributed by atoms with E-state index in [1.165, 1.54) is 0 Å². The van der Waals surface area contributed by atoms with Gasteiger partial charge in [-0.05, 0) is 79.7 Å². The predicted octanol–water partition coefficient (Wildman–Crippen LogP) is 4.14. The van der Waals surface area contributed by atoms with Crippen molar-refractivity contribution in [3.8, 4) is 0 Å². The Hall–Kier alpha value is -1.06. The maximum absolute atomic E-state index is 9.83. The first kappa shape index (κ1) is 39.5. The highest BCUT2D eigenvalue weighted by molar-refractivity contribution is 5.21. The van der Waals surface area contributed by atoms with Crippen molar-refractivity contribution in [3.63, 3.8) is 0 Å². The summed E-state index contributed by atoms with van der Waals surface area (Å²) in [5, 5.41) is 63.7. The third kappa shape index (κ3) is 23.3. The predicted molar refractivity (Wildman–Crippen MR) is 149 cm³/mol. The molecular formula is C29H58O7. The van der Waals surface area contributed by atoms with Gasteiger partial charge in [-0.15, -0.1) is 0 Å². The number of benzene rings is 1. The lowest BCUT2D eigenvalue weighted by Gasteiger charge is -2.31. The molecule has 0 amide bonds. The van der Waals surface area contributed by atoms with Gasteiger partial charge in [0.2, 0.25) is 0 Å². The van der Waals surface area contributed by atoms with Gasteiger partial charge in [-0.1, -0.05) is 51.1 Å². The van der Waals surface area contributed by atoms with Crippen LogP contribution in [0.25, 0.3) is 0 Å². The van der Waals surface area contributed by atoms with Crippen molar-refractivity contribution < 1.29 is 35.7 Å². The maximum Gasteiger partial charge on any atom is 0.0890 e. The average Bonchev–Trinajstić information content (AvgIpc) is 2.66. The highest BCUT2D eigenvalue weighted by Crippen LogP contribution is 2.23. The normalized spacial score (nSPS) is 14.2. The third-order valence-electron chi connectivity index (χ3n) is 5.74. The van der Waals surface area contributed by atoms with Crippen molar-refractivity contribution in [2.45, 2.75) is 130 Å². The molecule has 7 N–H and O–H groups in total. The van der Waals surface area contributed by atoms with Crippen LogP contribution in [0, 0.1) is 5.41 Å². The maximum atomic E-state index is 9.83. The molecule has 1 unspecified atom stereocenters. The van der Waals surface area contributed by atoms with Crippen LogP contribution < -0.4 is 0 Å². The van der Waals surface area contributed by atoms with E-state index in [-0.39, 0.29) is 12.0 Å². The van der Waals surface area contributed by atoms with Gasteiger partial charge >= 0.3 is 0 Å². The van der Waals surface area contributed by atoms with Gasteiger partial charge in [-0.2, -0.15) is 0 Å². The summed E-state index contributed by atoms with van der Waals surface area (Å²) in [6.45, 7) is 21.2. The zero-order valence-corrected chi connectivity index (χ0v) is 25.1. The first-order chi connectivity index (χ1) is 15.7. The van der Waals surface area contributed by atoms with Gasteiger partial charge in [-0.25, -0.2) is 0 Å². The number of aliphatic hydroxyl groups excluding tert-OH is 2. The Morgan fingerprint density at radius 3 is 1.14 bits per heavy atom. The van der Waals surface area contributed by atoms with Crippen molar-refractivity contribution in [2.24, 2.45) is 5.41 Å². The van der Waals surface area contributed by atoms with Crippen LogP contribution in [0.2, 0.25) is 0 Å². The largest absolute Gasteiger partial charge is 0.396 e. The molecular weight excluding hydrogens is 460 g/mol. The minimum atomic E-state index is -1.01. The lowest BCUT2D eigenvalue weighted by molar-refractivity contribution is -0.107. The van der Waals surface area contributed by atoms with Crippen LogP contribution in [0.5, 0.6) is 0 Å². The van der Waals surface area contributed by atoms with E-state index in [2.05, 4.69) is 6.92 Å². The topological polar surface area (TPSA) is 142 Å². The van der Waals surface area contributed by atoms with Gasteiger partial charge in [0.05, 0.1) is 28.0 Å². The van der Waals surface area contributed by atoms with Gasteiger partial charge in [0.1, 0.15) is 0 Å². The molecule has 0 heterocycles. The van der Waals surface area contributed by atoms with Crippen molar-refractivity contribution in [2.75, 3.05) is 13.2 Å². The Morgan fingerprint density at radius 1 is 0.611 bits per heavy atom. The van der Waals surface area contributed by atoms with Crippen LogP contribution in [-0.4, -0.2) is 71.4 Å². The van der Waals surface area contributed by atoms with E-state index in [4.69, 9.17) is 20.4 Å². The minimum Gasteiger partial charge on any atom is -0.396 e. The molecule has 7 nitrogen and oxygen atoms in total. The summed E-state index contributed by atoms with van der Waals surface area (Å²) in [6.07, 6.45) is 1.82. The van der Waals surface area contributed by atoms with Gasteiger partial charge < -0.3 is 35.7 Å². The summed E-state index contributed by atoms with van der Waals surface area (Å²) in [4.78, 5) is 0. The lowest BCUT2D eigenvalue weighted by atomic mass is 9.90. The van der Waals surface area contributed by atoms with Gasteiger partial charge in [0.15, 0.2) is 0 Å². The molecule has 0 radical (unpaired) electrons. The van der Waals surface area contributed by atoms with Gasteiger partial charge in [-0.3, -0.25) is 0 Å². The third-order valence-corrected chi connectivity index (χ3v) is 5.74. The fourth-order valence-corrected chi connectivity index (χ4v) is 2.33. The zero-order valence-electron chi connectivity index (χ0n) is 25.1. The molecule has 0 saturated carbocycles. The van der Waals surface area contributed by atoms with Crippen LogP contribution in [0.4, 0.5) is 0 Å². The second kappa shape index (κ2) is 16.0. The summed E-state index contributed by atoms with van der Waals surface area (Å²) < 4.78 is 0. The highest BCUT2D eigenvalue weighted by atomic mass is 16.3. The van der Waals surface area contributed by atoms with Crippen molar-refractivity contribution in [1.82, 2.24) is 0 Å². The van der Waals surface area contributed by atoms with E-state index in [1.54, 1.807) is 62.3 Å². The van der Waals surface area contributed by atoms with E-state index in [0.717, 1.165) is 12.0 Å². The molecule has 0 bridgehead atoms. The number of rotatable bonds is 8. The number of hydrogen-bond donors (Lipinski definition) is 7. The molecule has 1 atom stereocenters. The fourth-order valence-electron chi connectivity index (χ4n) is 2.33. The Kier molecular flexibility index (Phi) is 17.6. The molecule has 0 aliphatic rings. The van der Waals surface area contributed by atoms with E-state index >= 15 is 0 Å². The van der Waals surface area contributed by atoms with E-state index < -0.39 is 28.0 Å². The second-order valence-corrected chi connectivity index (χ2v) is 12.7. The van der Waals surface area contributed by atoms with Crippen LogP contribution in [0.1, 0.15) is 108 Å². The SMILES string of the molecule is CC(C)(O)C(C)(C)O.CC(C)(O)CC(C)(C)O.CC(O)(CCO)c1ccccc1.CCC(C)(C)CO. The Labute approximate surface area is 220 Å². The summed E-state index contributed by atoms with van der Waals surface area (Å²) in [6, 6.07) is 9.37. The number of hydrogen-bond acceptors (Lipinski definition) is 7. The standard InChI is InChI=1S/C10H14O2.C7H16O2.C6H14O2.C6H14O/c1-10(12,7-8-11)9-5-3-2-4-6-9;1-6(2,8)5-7(3,4)9;1-5(2,7)6(3,4)8;1-4-6(2,3)5-7/h2-6,11-12H,7-8H2,1H3;8-9H,5H2,1-4H3;7-8H,1-4H3;7H,4-5H2,1-3H3. The molecule has 7 heteroatoms. The molecule has 0 aromatic heterocycles. The van der Waals surface area contributed by atoms with Crippen molar-refractivity contribution >= 4 is 0 Å². The van der Waals surface area contributed by atoms with Crippen molar-refractivity contribution in [1.29, 1.82) is 0 Å². The van der Waals surface area contributed by atoms with Crippen LogP contribution in [0.15, 0.2) is 30.3 Å². The molecule has 0 spiro atoms. The molecule has 0 fully saturated rings. The van der Waals surface area contributed by atoms with Gasteiger partial charge in [0, 0.05) is 26.1 Å². The fraction of sp³-hybridized carbons (Fsp3) is 0.793. The van der Waals surface area contributed by atoms with E-state index in [1.807, 2.05) is 44.2 Å². The molecule has 0 saturated heterocycles. The summed E-state index contributed by atoms with van der Waals surface area (Å²) in [5.41, 5.74) is -3.47. The van der Waals surface area contributed by atoms with Gasteiger partial charge in [0.25, 0.3) is 0 Å². The van der Waals surface area contributed by atoms with E-state index in [9.17, 15) is 15.3 Å². The van der Waals surface area contributed by atoms with E-state index in [0.29, 0.717) is 19.4 Å². The number of aliphatic hydroxyl groups is 7. The van der Waals surface area contributed by atoms with Crippen LogP contribution in [-0.2, 0) is 5.60 Å². The first-order valence-corrected chi connectivity index (χ1v) is 12.6. The summed E-state index contributed by atoms with van der Waals surface area (Å²) in [7, 11) is 0. The lowest BCUT2D eigenvalue weighted by Crippen LogP contribution is -2.44. The molecule has 1 aromatic rings. The smallest absolute Gasteiger partial charge is 0.0890 e. The second-order valence-electron chi connectivity index (χ2n) is 12.7. The van der Waals surface area contributed by atoms with Crippen LogP contribution in [0.3, 0.4) is 0 Å². The summed E-state index contributed by atoms with van der Waals surface area (Å²) >= 11 is 0. The highest BCUT2D eigenvalue weighted by Gasteiger charge is 2.32. The molecule has 1 rings (SSSR count). The Balaban J connectivity index is -0.000000414. The Bertz CT molecular complexity index is 626. The first-order valence-electron chi connectivity index (χ1n) is 12.6. The molecule has 0 aliphatic heterocycles. The summed E-state index contributed by atoms with van der Waals surface area (Å²) in [5.74, 6) is 0. The Morgan fingerprint density at radius 2 is 0.972 bits per heavy atom. The molecule has 1 aromatic carbocycles. The zero-order chi connectivity index (χ0) is 29.6. The minimum absolute atomic E-state index is 0.00188.